The molecule has 1 atom stereocenters. The number of hydrogen-bond acceptors (Lipinski definition) is 4. The van der Waals surface area contributed by atoms with Gasteiger partial charge in [-0.1, -0.05) is 11.6 Å². The van der Waals surface area contributed by atoms with Crippen LogP contribution in [-0.4, -0.2) is 38.5 Å². The van der Waals surface area contributed by atoms with E-state index in [-0.39, 0.29) is 36.5 Å². The second kappa shape index (κ2) is 5.24. The predicted molar refractivity (Wildman–Crippen MR) is 70.0 cm³/mol. The highest BCUT2D eigenvalue weighted by Crippen LogP contribution is 2.29. The van der Waals surface area contributed by atoms with Gasteiger partial charge in [-0.2, -0.15) is 4.31 Å². The quantitative estimate of drug-likeness (QED) is 0.840. The summed E-state index contributed by atoms with van der Waals surface area (Å²) in [4.78, 5) is -0.494. The Kier molecular flexibility index (Phi) is 4.00. The number of nitrogens with zero attached hydrogens (tertiary/aromatic N) is 1. The summed E-state index contributed by atoms with van der Waals surface area (Å²) < 4.78 is 45.2. The Bertz CT molecular complexity index is 594. The molecule has 2 rings (SSSR count). The lowest BCUT2D eigenvalue weighted by Crippen LogP contribution is -2.47. The number of morpholine rings is 1. The molecule has 19 heavy (non-hydrogen) atoms. The summed E-state index contributed by atoms with van der Waals surface area (Å²) >= 11 is 5.64. The molecule has 1 fully saturated rings. The maximum atomic E-state index is 13.9. The molecule has 1 aliphatic heterocycles. The Hall–Kier alpha value is -0.890. The molecule has 0 amide bonds. The van der Waals surface area contributed by atoms with E-state index >= 15 is 0 Å². The van der Waals surface area contributed by atoms with E-state index in [1.807, 2.05) is 0 Å². The number of hydrogen-bond donors (Lipinski definition) is 1. The van der Waals surface area contributed by atoms with Crippen LogP contribution in [0, 0.1) is 5.82 Å². The molecule has 0 saturated carbocycles. The zero-order valence-corrected chi connectivity index (χ0v) is 11.8. The average Bonchev–Trinajstić information content (AvgIpc) is 2.34. The summed E-state index contributed by atoms with van der Waals surface area (Å²) in [5.41, 5.74) is 5.63. The average molecular weight is 309 g/mol. The lowest BCUT2D eigenvalue weighted by molar-refractivity contribution is 0.0392. The fourth-order valence-corrected chi connectivity index (χ4v) is 3.97. The molecule has 0 spiro atoms. The van der Waals surface area contributed by atoms with E-state index in [1.165, 1.54) is 10.4 Å². The van der Waals surface area contributed by atoms with Crippen molar-refractivity contribution < 1.29 is 17.5 Å². The fourth-order valence-electron chi connectivity index (χ4n) is 1.97. The second-order valence-electron chi connectivity index (χ2n) is 4.35. The van der Waals surface area contributed by atoms with Crippen LogP contribution in [0.5, 0.6) is 0 Å². The Morgan fingerprint density at radius 1 is 1.53 bits per heavy atom. The summed E-state index contributed by atoms with van der Waals surface area (Å²) in [6, 6.07) is 1.90. The third-order valence-corrected chi connectivity index (χ3v) is 5.20. The number of rotatable bonds is 2. The summed E-state index contributed by atoms with van der Waals surface area (Å²) in [5, 5.41) is -0.306. The second-order valence-corrected chi connectivity index (χ2v) is 6.62. The van der Waals surface area contributed by atoms with E-state index in [2.05, 4.69) is 0 Å². The minimum Gasteiger partial charge on any atom is -0.399 e. The van der Waals surface area contributed by atoms with Crippen molar-refractivity contribution in [3.05, 3.63) is 23.0 Å². The van der Waals surface area contributed by atoms with Gasteiger partial charge in [-0.15, -0.1) is 0 Å². The highest BCUT2D eigenvalue weighted by atomic mass is 35.5. The molecule has 1 heterocycles. The first-order valence-corrected chi connectivity index (χ1v) is 7.50. The lowest BCUT2D eigenvalue weighted by Gasteiger charge is -2.32. The van der Waals surface area contributed by atoms with Gasteiger partial charge in [-0.25, -0.2) is 12.8 Å². The van der Waals surface area contributed by atoms with E-state index in [0.717, 1.165) is 6.07 Å². The SMILES string of the molecule is C[C@@H]1COCCN1S(=O)(=O)c1cc(N)cc(Cl)c1F. The normalized spacial score (nSPS) is 21.5. The minimum atomic E-state index is -3.97. The summed E-state index contributed by atoms with van der Waals surface area (Å²) in [7, 11) is -3.97. The van der Waals surface area contributed by atoms with Crippen LogP contribution in [0.1, 0.15) is 6.92 Å². The number of nitrogens with two attached hydrogens (primary N) is 1. The van der Waals surface area contributed by atoms with Crippen LogP contribution in [0.4, 0.5) is 10.1 Å². The number of anilines is 1. The van der Waals surface area contributed by atoms with Gasteiger partial charge in [0, 0.05) is 18.3 Å². The molecule has 106 valence electrons. The molecule has 1 aromatic carbocycles. The molecule has 2 N–H and O–H groups in total. The molecule has 1 saturated heterocycles. The van der Waals surface area contributed by atoms with Crippen LogP contribution in [0.15, 0.2) is 17.0 Å². The molecule has 0 aliphatic carbocycles. The monoisotopic (exact) mass is 308 g/mol. The summed E-state index contributed by atoms with van der Waals surface area (Å²) in [6.45, 7) is 2.43. The Morgan fingerprint density at radius 3 is 2.84 bits per heavy atom. The minimum absolute atomic E-state index is 0.103. The van der Waals surface area contributed by atoms with Crippen molar-refractivity contribution in [2.45, 2.75) is 17.9 Å². The number of benzene rings is 1. The molecular formula is C11H14ClFN2O3S. The first-order chi connectivity index (χ1) is 8.84. The number of sulfonamides is 1. The van der Waals surface area contributed by atoms with E-state index in [4.69, 9.17) is 22.1 Å². The van der Waals surface area contributed by atoms with Gasteiger partial charge in [0.05, 0.1) is 18.2 Å². The molecule has 5 nitrogen and oxygen atoms in total. The smallest absolute Gasteiger partial charge is 0.246 e. The standard InChI is InChI=1S/C11H14ClFN2O3S/c1-7-6-18-3-2-15(7)19(16,17)10-5-8(14)4-9(12)11(10)13/h4-5,7H,2-3,6,14H2,1H3/t7-/m1/s1. The highest BCUT2D eigenvalue weighted by molar-refractivity contribution is 7.89. The first kappa shape index (κ1) is 14.5. The molecule has 1 aromatic rings. The molecular weight excluding hydrogens is 295 g/mol. The predicted octanol–water partition coefficient (Wildman–Crippen LogP) is 1.47. The van der Waals surface area contributed by atoms with Crippen LogP contribution in [0.3, 0.4) is 0 Å². The molecule has 0 radical (unpaired) electrons. The maximum Gasteiger partial charge on any atom is 0.246 e. The zero-order valence-electron chi connectivity index (χ0n) is 10.3. The number of ether oxygens (including phenoxy) is 1. The van der Waals surface area contributed by atoms with Crippen LogP contribution in [0.25, 0.3) is 0 Å². The van der Waals surface area contributed by atoms with Gasteiger partial charge in [0.2, 0.25) is 10.0 Å². The third-order valence-electron chi connectivity index (χ3n) is 2.91. The van der Waals surface area contributed by atoms with Crippen LogP contribution < -0.4 is 5.73 Å². The molecule has 8 heteroatoms. The first-order valence-electron chi connectivity index (χ1n) is 5.68. The van der Waals surface area contributed by atoms with Crippen molar-refractivity contribution in [2.75, 3.05) is 25.5 Å². The van der Waals surface area contributed by atoms with Crippen LogP contribution in [0.2, 0.25) is 5.02 Å². The van der Waals surface area contributed by atoms with Gasteiger partial charge in [0.15, 0.2) is 5.82 Å². The molecule has 0 unspecified atom stereocenters. The van der Waals surface area contributed by atoms with E-state index < -0.39 is 20.7 Å². The van der Waals surface area contributed by atoms with Gasteiger partial charge in [-0.3, -0.25) is 0 Å². The van der Waals surface area contributed by atoms with Crippen LogP contribution in [-0.2, 0) is 14.8 Å². The van der Waals surface area contributed by atoms with Crippen LogP contribution >= 0.6 is 11.6 Å². The number of nitrogen functional groups attached to an aromatic ring is 1. The number of halogens is 2. The Balaban J connectivity index is 2.50. The highest BCUT2D eigenvalue weighted by Gasteiger charge is 2.34. The maximum absolute atomic E-state index is 13.9. The molecule has 0 bridgehead atoms. The zero-order chi connectivity index (χ0) is 14.2. The summed E-state index contributed by atoms with van der Waals surface area (Å²) in [5.74, 6) is -0.977. The molecule has 0 aromatic heterocycles. The van der Waals surface area contributed by atoms with Crippen molar-refractivity contribution in [3.63, 3.8) is 0 Å². The molecule has 1 aliphatic rings. The van der Waals surface area contributed by atoms with Gasteiger partial charge in [-0.05, 0) is 19.1 Å². The van der Waals surface area contributed by atoms with Gasteiger partial charge in [0.25, 0.3) is 0 Å². The van der Waals surface area contributed by atoms with Gasteiger partial charge >= 0.3 is 0 Å². The Morgan fingerprint density at radius 2 is 2.21 bits per heavy atom. The van der Waals surface area contributed by atoms with Crippen molar-refractivity contribution in [1.29, 1.82) is 0 Å². The largest absolute Gasteiger partial charge is 0.399 e. The third kappa shape index (κ3) is 2.69. The topological polar surface area (TPSA) is 72.6 Å². The van der Waals surface area contributed by atoms with Crippen molar-refractivity contribution >= 4 is 27.3 Å². The summed E-state index contributed by atoms with van der Waals surface area (Å²) in [6.07, 6.45) is 0. The van der Waals surface area contributed by atoms with Gasteiger partial charge in [0.1, 0.15) is 4.90 Å². The van der Waals surface area contributed by atoms with Gasteiger partial charge < -0.3 is 10.5 Å². The van der Waals surface area contributed by atoms with Crippen molar-refractivity contribution in [3.8, 4) is 0 Å². The fraction of sp³-hybridized carbons (Fsp3) is 0.455. The van der Waals surface area contributed by atoms with Crippen molar-refractivity contribution in [1.82, 2.24) is 4.31 Å². The van der Waals surface area contributed by atoms with Crippen molar-refractivity contribution in [2.24, 2.45) is 0 Å². The van der Waals surface area contributed by atoms with E-state index in [9.17, 15) is 12.8 Å². The lowest BCUT2D eigenvalue weighted by atomic mass is 10.3. The van der Waals surface area contributed by atoms with E-state index in [1.54, 1.807) is 6.92 Å². The van der Waals surface area contributed by atoms with E-state index in [0.29, 0.717) is 0 Å². The Labute approximate surface area is 116 Å².